The number of nitrogens with one attached hydrogen (secondary N) is 1. The van der Waals surface area contributed by atoms with E-state index in [1.165, 1.54) is 32.1 Å². The molecule has 1 fully saturated rings. The molecule has 2 aromatic rings. The first-order valence-corrected chi connectivity index (χ1v) is 7.17. The van der Waals surface area contributed by atoms with Crippen molar-refractivity contribution in [1.29, 1.82) is 0 Å². The Morgan fingerprint density at radius 2 is 1.89 bits per heavy atom. The molecule has 1 aromatic carbocycles. The van der Waals surface area contributed by atoms with Gasteiger partial charge in [-0.2, -0.15) is 0 Å². The van der Waals surface area contributed by atoms with Crippen LogP contribution >= 0.6 is 0 Å². The van der Waals surface area contributed by atoms with E-state index in [1.807, 2.05) is 12.1 Å². The molecular formula is C15H18N2O2. The number of hydrogen-bond acceptors (Lipinski definition) is 3. The molecule has 0 bridgehead atoms. The van der Waals surface area contributed by atoms with E-state index in [1.54, 1.807) is 0 Å². The van der Waals surface area contributed by atoms with Crippen molar-refractivity contribution in [3.8, 4) is 11.5 Å². The van der Waals surface area contributed by atoms with Crippen LogP contribution < -0.4 is 9.47 Å². The molecule has 0 spiro atoms. The molecular weight excluding hydrogens is 240 g/mol. The third-order valence-corrected chi connectivity index (χ3v) is 4.23. The molecule has 0 atom stereocenters. The summed E-state index contributed by atoms with van der Waals surface area (Å²) in [6, 6.07) is 3.97. The van der Waals surface area contributed by atoms with Gasteiger partial charge in [-0.1, -0.05) is 32.1 Å². The summed E-state index contributed by atoms with van der Waals surface area (Å²) in [4.78, 5) is 8.12. The van der Waals surface area contributed by atoms with Gasteiger partial charge in [-0.05, 0) is 5.92 Å². The van der Waals surface area contributed by atoms with Crippen molar-refractivity contribution in [3.63, 3.8) is 0 Å². The monoisotopic (exact) mass is 258 g/mol. The average molecular weight is 258 g/mol. The second-order valence-corrected chi connectivity index (χ2v) is 5.61. The Labute approximate surface area is 112 Å². The third-order valence-electron chi connectivity index (χ3n) is 4.23. The smallest absolute Gasteiger partial charge is 0.231 e. The normalized spacial score (nSPS) is 19.2. The van der Waals surface area contributed by atoms with Crippen molar-refractivity contribution in [2.45, 2.75) is 38.5 Å². The Kier molecular flexibility index (Phi) is 2.60. The lowest BCUT2D eigenvalue weighted by Crippen LogP contribution is -2.10. The van der Waals surface area contributed by atoms with E-state index in [0.717, 1.165) is 40.7 Å². The maximum Gasteiger partial charge on any atom is 0.231 e. The van der Waals surface area contributed by atoms with E-state index in [0.29, 0.717) is 6.79 Å². The number of ether oxygens (including phenoxy) is 2. The van der Waals surface area contributed by atoms with Crippen LogP contribution in [0.1, 0.15) is 37.9 Å². The summed E-state index contributed by atoms with van der Waals surface area (Å²) in [6.45, 7) is 0.316. The molecule has 2 aliphatic rings. The van der Waals surface area contributed by atoms with Crippen molar-refractivity contribution >= 4 is 11.0 Å². The minimum atomic E-state index is 0.316. The number of hydrogen-bond donors (Lipinski definition) is 1. The van der Waals surface area contributed by atoms with E-state index < -0.39 is 0 Å². The highest BCUT2D eigenvalue weighted by Crippen LogP contribution is 2.35. The molecule has 0 saturated heterocycles. The Balaban J connectivity index is 1.61. The van der Waals surface area contributed by atoms with Crippen molar-refractivity contribution in [3.05, 3.63) is 18.0 Å². The minimum Gasteiger partial charge on any atom is -0.454 e. The van der Waals surface area contributed by atoms with Gasteiger partial charge in [0.1, 0.15) is 5.82 Å². The van der Waals surface area contributed by atoms with Crippen molar-refractivity contribution in [1.82, 2.24) is 9.97 Å². The summed E-state index contributed by atoms with van der Waals surface area (Å²) in [5.74, 6) is 3.53. The molecule has 19 heavy (non-hydrogen) atoms. The lowest BCUT2D eigenvalue weighted by atomic mass is 9.87. The molecule has 0 amide bonds. The number of imidazole rings is 1. The Bertz CT molecular complexity index is 558. The van der Waals surface area contributed by atoms with E-state index in [-0.39, 0.29) is 0 Å². The van der Waals surface area contributed by atoms with E-state index >= 15 is 0 Å². The number of H-pyrrole nitrogens is 1. The molecule has 1 saturated carbocycles. The summed E-state index contributed by atoms with van der Waals surface area (Å²) in [6.07, 6.45) is 7.92. The predicted octanol–water partition coefficient (Wildman–Crippen LogP) is 3.41. The zero-order valence-electron chi connectivity index (χ0n) is 10.9. The molecule has 2 heterocycles. The van der Waals surface area contributed by atoms with Gasteiger partial charge < -0.3 is 14.5 Å². The van der Waals surface area contributed by atoms with E-state index in [4.69, 9.17) is 14.5 Å². The average Bonchev–Trinajstić information content (AvgIpc) is 3.01. The number of fused-ring (bicyclic) bond motifs is 2. The van der Waals surface area contributed by atoms with Crippen LogP contribution in [0.5, 0.6) is 11.5 Å². The summed E-state index contributed by atoms with van der Waals surface area (Å²) in [5, 5.41) is 0. The predicted molar refractivity (Wildman–Crippen MR) is 72.5 cm³/mol. The first-order valence-electron chi connectivity index (χ1n) is 7.17. The summed E-state index contributed by atoms with van der Waals surface area (Å²) in [7, 11) is 0. The minimum absolute atomic E-state index is 0.316. The van der Waals surface area contributed by atoms with Crippen LogP contribution in [-0.4, -0.2) is 16.8 Å². The zero-order valence-corrected chi connectivity index (χ0v) is 10.9. The van der Waals surface area contributed by atoms with Crippen molar-refractivity contribution in [2.75, 3.05) is 6.79 Å². The van der Waals surface area contributed by atoms with Crippen LogP contribution in [0.25, 0.3) is 11.0 Å². The highest BCUT2D eigenvalue weighted by Gasteiger charge is 2.18. The Hall–Kier alpha value is -1.71. The summed E-state index contributed by atoms with van der Waals surface area (Å²) >= 11 is 0. The highest BCUT2D eigenvalue weighted by atomic mass is 16.7. The number of benzene rings is 1. The molecule has 1 aromatic heterocycles. The van der Waals surface area contributed by atoms with Gasteiger partial charge in [0.05, 0.1) is 11.0 Å². The van der Waals surface area contributed by atoms with Gasteiger partial charge in [0.2, 0.25) is 6.79 Å². The molecule has 4 rings (SSSR count). The van der Waals surface area contributed by atoms with Gasteiger partial charge in [-0.15, -0.1) is 0 Å². The molecule has 1 aliphatic carbocycles. The van der Waals surface area contributed by atoms with E-state index in [9.17, 15) is 0 Å². The summed E-state index contributed by atoms with van der Waals surface area (Å²) in [5.41, 5.74) is 2.03. The van der Waals surface area contributed by atoms with Gasteiger partial charge in [0.15, 0.2) is 11.5 Å². The number of rotatable bonds is 2. The zero-order chi connectivity index (χ0) is 12.7. The SMILES string of the molecule is c1c2c(cc3[nH]c(CC4CCCCC4)nc13)OCO2. The van der Waals surface area contributed by atoms with Gasteiger partial charge in [-0.25, -0.2) is 4.98 Å². The lowest BCUT2D eigenvalue weighted by molar-refractivity contribution is 0.174. The molecule has 0 unspecified atom stereocenters. The standard InChI is InChI=1S/C15H18N2O2/c1-2-4-10(5-3-1)6-15-16-11-7-13-14(19-9-18-13)8-12(11)17-15/h7-8,10H,1-6,9H2,(H,16,17). The fraction of sp³-hybridized carbons (Fsp3) is 0.533. The van der Waals surface area contributed by atoms with Crippen LogP contribution in [0.2, 0.25) is 0 Å². The first kappa shape index (κ1) is 11.1. The van der Waals surface area contributed by atoms with Gasteiger partial charge in [0, 0.05) is 18.6 Å². The highest BCUT2D eigenvalue weighted by molar-refractivity contribution is 5.80. The molecule has 4 heteroatoms. The number of aromatic amines is 1. The van der Waals surface area contributed by atoms with E-state index in [2.05, 4.69) is 4.98 Å². The van der Waals surface area contributed by atoms with Crippen LogP contribution in [0.4, 0.5) is 0 Å². The Morgan fingerprint density at radius 1 is 1.11 bits per heavy atom. The molecule has 1 N–H and O–H groups in total. The maximum atomic E-state index is 5.40. The maximum absolute atomic E-state index is 5.40. The van der Waals surface area contributed by atoms with Gasteiger partial charge >= 0.3 is 0 Å². The largest absolute Gasteiger partial charge is 0.454 e. The van der Waals surface area contributed by atoms with Gasteiger partial charge in [-0.3, -0.25) is 0 Å². The fourth-order valence-electron chi connectivity index (χ4n) is 3.21. The third kappa shape index (κ3) is 2.05. The molecule has 4 nitrogen and oxygen atoms in total. The Morgan fingerprint density at radius 3 is 2.74 bits per heavy atom. The van der Waals surface area contributed by atoms with Crippen LogP contribution in [0.15, 0.2) is 12.1 Å². The second-order valence-electron chi connectivity index (χ2n) is 5.61. The van der Waals surface area contributed by atoms with Crippen molar-refractivity contribution < 1.29 is 9.47 Å². The molecule has 100 valence electrons. The van der Waals surface area contributed by atoms with Gasteiger partial charge in [0.25, 0.3) is 0 Å². The lowest BCUT2D eigenvalue weighted by Gasteiger charge is -2.20. The topological polar surface area (TPSA) is 47.1 Å². The molecule has 0 radical (unpaired) electrons. The number of aromatic nitrogens is 2. The quantitative estimate of drug-likeness (QED) is 0.897. The first-order chi connectivity index (χ1) is 9.38. The van der Waals surface area contributed by atoms with Crippen molar-refractivity contribution in [2.24, 2.45) is 5.92 Å². The van der Waals surface area contributed by atoms with Crippen LogP contribution in [0, 0.1) is 5.92 Å². The van der Waals surface area contributed by atoms with Crippen LogP contribution in [0.3, 0.4) is 0 Å². The fourth-order valence-corrected chi connectivity index (χ4v) is 3.21. The summed E-state index contributed by atoms with van der Waals surface area (Å²) < 4.78 is 10.8. The second kappa shape index (κ2) is 4.44. The molecule has 1 aliphatic heterocycles. The van der Waals surface area contributed by atoms with Crippen LogP contribution in [-0.2, 0) is 6.42 Å². The number of nitrogens with zero attached hydrogens (tertiary/aromatic N) is 1.